The average Bonchev–Trinajstić information content (AvgIpc) is 2.72. The van der Waals surface area contributed by atoms with Gasteiger partial charge in [0.15, 0.2) is 0 Å². The summed E-state index contributed by atoms with van der Waals surface area (Å²) in [6.07, 6.45) is 14.8. The second-order valence-electron chi connectivity index (χ2n) is 9.22. The highest BCUT2D eigenvalue weighted by Gasteiger charge is 2.44. The first-order chi connectivity index (χ1) is 14.1. The van der Waals surface area contributed by atoms with Crippen molar-refractivity contribution < 1.29 is 9.90 Å². The lowest BCUT2D eigenvalue weighted by Crippen LogP contribution is -2.40. The van der Waals surface area contributed by atoms with Crippen LogP contribution in [0.25, 0.3) is 12.2 Å². The lowest BCUT2D eigenvalue weighted by molar-refractivity contribution is 0.0696. The molecule has 2 nitrogen and oxygen atoms in total. The Morgan fingerprint density at radius 3 is 2.00 bits per heavy atom. The van der Waals surface area contributed by atoms with Gasteiger partial charge in [0.1, 0.15) is 0 Å². The Balaban J connectivity index is 1.22. The second kappa shape index (κ2) is 7.67. The maximum atomic E-state index is 10.9. The first kappa shape index (κ1) is 18.4. The van der Waals surface area contributed by atoms with Crippen LogP contribution in [0.15, 0.2) is 60.2 Å². The van der Waals surface area contributed by atoms with E-state index < -0.39 is 5.97 Å². The molecule has 4 fully saturated rings. The van der Waals surface area contributed by atoms with E-state index in [0.29, 0.717) is 5.56 Å². The molecule has 0 atom stereocenters. The van der Waals surface area contributed by atoms with Crippen LogP contribution in [0.4, 0.5) is 0 Å². The number of carboxylic acids is 1. The molecule has 0 amide bonds. The van der Waals surface area contributed by atoms with Gasteiger partial charge in [-0.1, -0.05) is 60.2 Å². The fourth-order valence-corrected chi connectivity index (χ4v) is 5.97. The predicted octanol–water partition coefficient (Wildman–Crippen LogP) is 6.48. The van der Waals surface area contributed by atoms with Gasteiger partial charge in [-0.2, -0.15) is 0 Å². The van der Waals surface area contributed by atoms with Gasteiger partial charge in [-0.25, -0.2) is 4.79 Å². The van der Waals surface area contributed by atoms with Gasteiger partial charge in [0.05, 0.1) is 5.56 Å². The minimum atomic E-state index is -0.885. The van der Waals surface area contributed by atoms with Crippen molar-refractivity contribution in [2.24, 2.45) is 23.7 Å². The van der Waals surface area contributed by atoms with Gasteiger partial charge in [0.2, 0.25) is 0 Å². The number of benzene rings is 2. The second-order valence-corrected chi connectivity index (χ2v) is 9.22. The first-order valence-corrected chi connectivity index (χ1v) is 10.9. The van der Waals surface area contributed by atoms with Crippen molar-refractivity contribution >= 4 is 18.1 Å². The molecule has 0 radical (unpaired) electrons. The number of hydrogen-bond acceptors (Lipinski definition) is 1. The molecule has 1 N–H and O–H groups in total. The van der Waals surface area contributed by atoms with Crippen LogP contribution >= 0.6 is 0 Å². The fraction of sp³-hybridized carbons (Fsp3) is 0.370. The van der Waals surface area contributed by atoms with Crippen molar-refractivity contribution in [3.63, 3.8) is 0 Å². The topological polar surface area (TPSA) is 37.3 Å². The highest BCUT2D eigenvalue weighted by Crippen LogP contribution is 2.56. The average molecular weight is 385 g/mol. The summed E-state index contributed by atoms with van der Waals surface area (Å²) in [5, 5.41) is 8.96. The quantitative estimate of drug-likeness (QED) is 0.640. The maximum Gasteiger partial charge on any atom is 0.335 e. The normalized spacial score (nSPS) is 27.5. The van der Waals surface area contributed by atoms with Crippen molar-refractivity contribution in [2.45, 2.75) is 38.5 Å². The van der Waals surface area contributed by atoms with Crippen molar-refractivity contribution in [1.29, 1.82) is 0 Å². The molecule has 0 aliphatic heterocycles. The molecular weight excluding hydrogens is 356 g/mol. The van der Waals surface area contributed by atoms with Gasteiger partial charge in [-0.05, 0) is 91.0 Å². The first-order valence-electron chi connectivity index (χ1n) is 10.9. The molecule has 0 saturated heterocycles. The van der Waals surface area contributed by atoms with E-state index in [1.165, 1.54) is 43.2 Å². The zero-order valence-corrected chi connectivity index (χ0v) is 16.8. The standard InChI is InChI=1S/C27H28O2/c28-27(29)23-10-8-19(9-11-23)3-1-2-18-4-6-20(7-5-18)17-26-24-13-21-12-22(15-24)16-25(26)14-21/h1,3-11,17,21-22,24-25H,2,12-16H2,(H,28,29). The van der Waals surface area contributed by atoms with Gasteiger partial charge < -0.3 is 5.11 Å². The Labute approximate surface area is 173 Å². The molecule has 2 aromatic carbocycles. The van der Waals surface area contributed by atoms with Crippen LogP contribution in [0.1, 0.15) is 59.2 Å². The van der Waals surface area contributed by atoms with E-state index in [-0.39, 0.29) is 0 Å². The maximum absolute atomic E-state index is 10.9. The Kier molecular flexibility index (Phi) is 4.87. The highest BCUT2D eigenvalue weighted by molar-refractivity contribution is 5.87. The molecule has 0 unspecified atom stereocenters. The van der Waals surface area contributed by atoms with Gasteiger partial charge in [0.25, 0.3) is 0 Å². The van der Waals surface area contributed by atoms with Crippen LogP contribution in [0.3, 0.4) is 0 Å². The summed E-state index contributed by atoms with van der Waals surface area (Å²) in [6.45, 7) is 0. The molecule has 148 valence electrons. The summed E-state index contributed by atoms with van der Waals surface area (Å²) in [5.41, 5.74) is 5.75. The zero-order valence-electron chi connectivity index (χ0n) is 16.8. The lowest BCUT2D eigenvalue weighted by Gasteiger charge is -2.51. The van der Waals surface area contributed by atoms with Crippen LogP contribution in [0, 0.1) is 23.7 Å². The summed E-state index contributed by atoms with van der Waals surface area (Å²) in [5.74, 6) is 2.88. The van der Waals surface area contributed by atoms with Crippen LogP contribution in [-0.2, 0) is 6.42 Å². The van der Waals surface area contributed by atoms with Crippen molar-refractivity contribution in [2.75, 3.05) is 0 Å². The van der Waals surface area contributed by atoms with Crippen molar-refractivity contribution in [1.82, 2.24) is 0 Å². The molecule has 4 saturated carbocycles. The molecule has 2 heteroatoms. The van der Waals surface area contributed by atoms with E-state index in [1.807, 2.05) is 12.1 Å². The zero-order chi connectivity index (χ0) is 19.8. The monoisotopic (exact) mass is 384 g/mol. The van der Waals surface area contributed by atoms with Crippen molar-refractivity contribution in [3.8, 4) is 0 Å². The van der Waals surface area contributed by atoms with Gasteiger partial charge in [0, 0.05) is 0 Å². The third kappa shape index (κ3) is 3.94. The minimum absolute atomic E-state index is 0.325. The number of aromatic carboxylic acids is 1. The largest absolute Gasteiger partial charge is 0.478 e. The summed E-state index contributed by atoms with van der Waals surface area (Å²) >= 11 is 0. The molecular formula is C27H28O2. The summed E-state index contributed by atoms with van der Waals surface area (Å²) in [4.78, 5) is 10.9. The Hall–Kier alpha value is -2.61. The summed E-state index contributed by atoms with van der Waals surface area (Å²) < 4.78 is 0. The SMILES string of the molecule is O=C(O)c1ccc(C=CCc2ccc(C=C3C4CC5CC(C4)CC3C5)cc2)cc1. The van der Waals surface area contributed by atoms with Gasteiger partial charge >= 0.3 is 5.97 Å². The molecule has 2 aromatic rings. The van der Waals surface area contributed by atoms with Crippen LogP contribution in [-0.4, -0.2) is 11.1 Å². The Morgan fingerprint density at radius 2 is 1.41 bits per heavy atom. The van der Waals surface area contributed by atoms with Crippen LogP contribution in [0.5, 0.6) is 0 Å². The van der Waals surface area contributed by atoms with E-state index in [2.05, 4.69) is 42.5 Å². The van der Waals surface area contributed by atoms with Crippen LogP contribution in [0.2, 0.25) is 0 Å². The number of allylic oxidation sites excluding steroid dienone is 2. The molecule has 6 rings (SSSR count). The summed E-state index contributed by atoms with van der Waals surface area (Å²) in [7, 11) is 0. The van der Waals surface area contributed by atoms with E-state index in [9.17, 15) is 4.79 Å². The lowest BCUT2D eigenvalue weighted by atomic mass is 9.54. The molecule has 4 bridgehead atoms. The van der Waals surface area contributed by atoms with E-state index >= 15 is 0 Å². The smallest absolute Gasteiger partial charge is 0.335 e. The summed E-state index contributed by atoms with van der Waals surface area (Å²) in [6, 6.07) is 16.0. The van der Waals surface area contributed by atoms with Gasteiger partial charge in [-0.3, -0.25) is 0 Å². The van der Waals surface area contributed by atoms with E-state index in [0.717, 1.165) is 35.7 Å². The fourth-order valence-electron chi connectivity index (χ4n) is 5.97. The molecule has 0 aromatic heterocycles. The highest BCUT2D eigenvalue weighted by atomic mass is 16.4. The molecule has 0 spiro atoms. The Bertz CT molecular complexity index is 917. The molecule has 0 heterocycles. The molecule has 4 aliphatic rings. The number of hydrogen-bond donors (Lipinski definition) is 1. The van der Waals surface area contributed by atoms with Gasteiger partial charge in [-0.15, -0.1) is 0 Å². The van der Waals surface area contributed by atoms with E-state index in [4.69, 9.17) is 5.11 Å². The predicted molar refractivity (Wildman–Crippen MR) is 118 cm³/mol. The van der Waals surface area contributed by atoms with E-state index in [1.54, 1.807) is 17.7 Å². The number of rotatable bonds is 5. The molecule has 4 aliphatic carbocycles. The number of carbonyl (C=O) groups is 1. The number of carboxylic acid groups (broad SMARTS) is 1. The van der Waals surface area contributed by atoms with Crippen LogP contribution < -0.4 is 0 Å². The Morgan fingerprint density at radius 1 is 0.828 bits per heavy atom. The minimum Gasteiger partial charge on any atom is -0.478 e. The van der Waals surface area contributed by atoms with Crippen molar-refractivity contribution in [3.05, 3.63) is 82.4 Å². The third-order valence-electron chi connectivity index (χ3n) is 7.22. The third-order valence-corrected chi connectivity index (χ3v) is 7.22. The molecule has 29 heavy (non-hydrogen) atoms.